The Morgan fingerprint density at radius 3 is 2.83 bits per heavy atom. The van der Waals surface area contributed by atoms with Crippen molar-refractivity contribution in [2.24, 2.45) is 0 Å². The van der Waals surface area contributed by atoms with Crippen molar-refractivity contribution in [3.8, 4) is 17.1 Å². The summed E-state index contributed by atoms with van der Waals surface area (Å²) in [4.78, 5) is 23.8. The molecule has 1 atom stereocenters. The van der Waals surface area contributed by atoms with Crippen LogP contribution in [0.4, 0.5) is 5.69 Å². The molecule has 1 amide bonds. The number of benzene rings is 1. The van der Waals surface area contributed by atoms with Crippen LogP contribution >= 0.6 is 15.9 Å². The summed E-state index contributed by atoms with van der Waals surface area (Å²) in [6, 6.07) is 7.45. The van der Waals surface area contributed by atoms with Crippen molar-refractivity contribution in [2.45, 2.75) is 18.9 Å². The molecule has 2 aromatic heterocycles. The summed E-state index contributed by atoms with van der Waals surface area (Å²) in [5, 5.41) is 9.58. The standard InChI is InChI=1S/C20H23BrN6O2/c1-20(7-8-23-11-20)27-16-14(21)9-24-19-17(16)25-18(26-19)12-3-5-13(6-4-12)29-10-15(28)22-2/h3-6,9,23H,7-8,10-11H2,1-2H3,(H,22,28)(H2,24,25,26,27)/t20-/m0/s1. The lowest BCUT2D eigenvalue weighted by Gasteiger charge is -2.26. The minimum absolute atomic E-state index is 0.0128. The highest BCUT2D eigenvalue weighted by atomic mass is 79.9. The number of pyridine rings is 1. The van der Waals surface area contributed by atoms with E-state index < -0.39 is 0 Å². The van der Waals surface area contributed by atoms with Crippen molar-refractivity contribution in [2.75, 3.05) is 32.1 Å². The highest BCUT2D eigenvalue weighted by Crippen LogP contribution is 2.34. The number of halogens is 1. The first kappa shape index (κ1) is 19.7. The number of imidazole rings is 1. The number of amides is 1. The summed E-state index contributed by atoms with van der Waals surface area (Å²) >= 11 is 3.62. The summed E-state index contributed by atoms with van der Waals surface area (Å²) < 4.78 is 6.35. The third-order valence-electron chi connectivity index (χ3n) is 5.05. The van der Waals surface area contributed by atoms with Crippen molar-refractivity contribution < 1.29 is 9.53 Å². The van der Waals surface area contributed by atoms with Gasteiger partial charge in [0.25, 0.3) is 5.91 Å². The maximum absolute atomic E-state index is 11.3. The number of likely N-dealkylation sites (N-methyl/N-ethyl adjacent to an activating group) is 1. The second-order valence-electron chi connectivity index (χ2n) is 7.36. The SMILES string of the molecule is CNC(=O)COc1ccc(-c2nc3ncc(Br)c(N[C@@]4(C)CCNC4)c3[nH]2)cc1. The molecule has 1 fully saturated rings. The molecule has 1 saturated heterocycles. The first-order chi connectivity index (χ1) is 14.0. The zero-order valence-corrected chi connectivity index (χ0v) is 17.9. The molecule has 3 heterocycles. The minimum atomic E-state index is -0.172. The predicted molar refractivity (Wildman–Crippen MR) is 116 cm³/mol. The van der Waals surface area contributed by atoms with E-state index in [1.165, 1.54) is 0 Å². The van der Waals surface area contributed by atoms with Gasteiger partial charge in [-0.2, -0.15) is 0 Å². The highest BCUT2D eigenvalue weighted by molar-refractivity contribution is 9.10. The summed E-state index contributed by atoms with van der Waals surface area (Å²) in [5.41, 5.74) is 3.37. The fraction of sp³-hybridized carbons (Fsp3) is 0.350. The lowest BCUT2D eigenvalue weighted by atomic mass is 10.0. The molecular weight excluding hydrogens is 436 g/mol. The van der Waals surface area contributed by atoms with Gasteiger partial charge in [-0.05, 0) is 60.1 Å². The van der Waals surface area contributed by atoms with Gasteiger partial charge in [0.15, 0.2) is 12.3 Å². The quantitative estimate of drug-likeness (QED) is 0.452. The van der Waals surface area contributed by atoms with Crippen molar-refractivity contribution in [1.82, 2.24) is 25.6 Å². The highest BCUT2D eigenvalue weighted by Gasteiger charge is 2.30. The molecule has 8 nitrogen and oxygen atoms in total. The van der Waals surface area contributed by atoms with E-state index in [9.17, 15) is 4.79 Å². The normalized spacial score (nSPS) is 18.7. The van der Waals surface area contributed by atoms with E-state index in [0.29, 0.717) is 11.4 Å². The number of fused-ring (bicyclic) bond motifs is 1. The van der Waals surface area contributed by atoms with E-state index in [1.54, 1.807) is 13.2 Å². The largest absolute Gasteiger partial charge is 0.484 e. The number of ether oxygens (including phenoxy) is 1. The summed E-state index contributed by atoms with van der Waals surface area (Å²) in [5.74, 6) is 1.17. The number of nitrogens with one attached hydrogen (secondary N) is 4. The van der Waals surface area contributed by atoms with Crippen LogP contribution in [0, 0.1) is 0 Å². The summed E-state index contributed by atoms with van der Waals surface area (Å²) in [6.07, 6.45) is 2.82. The maximum atomic E-state index is 11.3. The molecule has 0 bridgehead atoms. The number of anilines is 1. The van der Waals surface area contributed by atoms with Gasteiger partial charge in [-0.1, -0.05) is 0 Å². The molecule has 0 unspecified atom stereocenters. The Bertz CT molecular complexity index is 1030. The van der Waals surface area contributed by atoms with Crippen molar-refractivity contribution >= 4 is 38.7 Å². The van der Waals surface area contributed by atoms with E-state index in [0.717, 1.165) is 46.6 Å². The van der Waals surface area contributed by atoms with Gasteiger partial charge in [-0.25, -0.2) is 9.97 Å². The van der Waals surface area contributed by atoms with Crippen LogP contribution in [0.25, 0.3) is 22.6 Å². The second-order valence-corrected chi connectivity index (χ2v) is 8.22. The molecule has 0 aliphatic carbocycles. The van der Waals surface area contributed by atoms with Crippen LogP contribution in [0.1, 0.15) is 13.3 Å². The molecule has 4 N–H and O–H groups in total. The van der Waals surface area contributed by atoms with Crippen molar-refractivity contribution in [3.63, 3.8) is 0 Å². The van der Waals surface area contributed by atoms with Gasteiger partial charge in [0.2, 0.25) is 0 Å². The number of aromatic amines is 1. The second kappa shape index (κ2) is 8.00. The first-order valence-corrected chi connectivity index (χ1v) is 10.2. The molecule has 152 valence electrons. The number of nitrogens with zero attached hydrogens (tertiary/aromatic N) is 2. The molecule has 1 aromatic carbocycles. The monoisotopic (exact) mass is 458 g/mol. The zero-order chi connectivity index (χ0) is 20.4. The number of aromatic nitrogens is 3. The Morgan fingerprint density at radius 2 is 2.14 bits per heavy atom. The number of carbonyl (C=O) groups is 1. The van der Waals surface area contributed by atoms with Gasteiger partial charge >= 0.3 is 0 Å². The Morgan fingerprint density at radius 1 is 1.34 bits per heavy atom. The topological polar surface area (TPSA) is 104 Å². The van der Waals surface area contributed by atoms with Crippen molar-refractivity contribution in [1.29, 1.82) is 0 Å². The smallest absolute Gasteiger partial charge is 0.257 e. The van der Waals surface area contributed by atoms with Crippen LogP contribution in [0.15, 0.2) is 34.9 Å². The van der Waals surface area contributed by atoms with Crippen LogP contribution < -0.4 is 20.7 Å². The number of carbonyl (C=O) groups excluding carboxylic acids is 1. The van der Waals surface area contributed by atoms with E-state index >= 15 is 0 Å². The summed E-state index contributed by atoms with van der Waals surface area (Å²) in [7, 11) is 1.58. The van der Waals surface area contributed by atoms with Gasteiger partial charge in [0, 0.05) is 30.9 Å². The molecule has 3 aromatic rings. The van der Waals surface area contributed by atoms with Crippen molar-refractivity contribution in [3.05, 3.63) is 34.9 Å². The molecule has 0 radical (unpaired) electrons. The first-order valence-electron chi connectivity index (χ1n) is 9.44. The Labute approximate surface area is 177 Å². The molecule has 9 heteroatoms. The summed E-state index contributed by atoms with van der Waals surface area (Å²) in [6.45, 7) is 4.10. The molecule has 1 aliphatic rings. The minimum Gasteiger partial charge on any atom is -0.484 e. The van der Waals surface area contributed by atoms with Crippen LogP contribution in [0.5, 0.6) is 5.75 Å². The number of hydrogen-bond acceptors (Lipinski definition) is 6. The number of rotatable bonds is 6. The fourth-order valence-corrected chi connectivity index (χ4v) is 3.75. The molecule has 1 aliphatic heterocycles. The van der Waals surface area contributed by atoms with E-state index in [2.05, 4.69) is 53.8 Å². The maximum Gasteiger partial charge on any atom is 0.257 e. The molecule has 29 heavy (non-hydrogen) atoms. The predicted octanol–water partition coefficient (Wildman–Crippen LogP) is 2.68. The van der Waals surface area contributed by atoms with E-state index in [-0.39, 0.29) is 18.1 Å². The van der Waals surface area contributed by atoms with Gasteiger partial charge in [-0.15, -0.1) is 0 Å². The Hall–Kier alpha value is -2.65. The number of hydrogen-bond donors (Lipinski definition) is 4. The van der Waals surface area contributed by atoms with Crippen LogP contribution in [-0.2, 0) is 4.79 Å². The van der Waals surface area contributed by atoms with Crippen LogP contribution in [-0.4, -0.2) is 53.1 Å². The van der Waals surface area contributed by atoms with Crippen LogP contribution in [0.2, 0.25) is 0 Å². The average Bonchev–Trinajstić information content (AvgIpc) is 3.35. The fourth-order valence-electron chi connectivity index (χ4n) is 3.35. The molecular formula is C20H23BrN6O2. The third kappa shape index (κ3) is 4.20. The lowest BCUT2D eigenvalue weighted by Crippen LogP contribution is -2.37. The Balaban J connectivity index is 1.60. The zero-order valence-electron chi connectivity index (χ0n) is 16.3. The third-order valence-corrected chi connectivity index (χ3v) is 5.65. The Kier molecular flexibility index (Phi) is 5.42. The average molecular weight is 459 g/mol. The van der Waals surface area contributed by atoms with Gasteiger partial charge < -0.3 is 25.7 Å². The van der Waals surface area contributed by atoms with Gasteiger partial charge in [0.1, 0.15) is 17.1 Å². The molecule has 0 saturated carbocycles. The lowest BCUT2D eigenvalue weighted by molar-refractivity contribution is -0.122. The molecule has 4 rings (SSSR count). The van der Waals surface area contributed by atoms with Gasteiger partial charge in [-0.3, -0.25) is 4.79 Å². The van der Waals surface area contributed by atoms with Crippen LogP contribution in [0.3, 0.4) is 0 Å². The number of H-pyrrole nitrogens is 1. The molecule has 0 spiro atoms. The van der Waals surface area contributed by atoms with E-state index in [1.807, 2.05) is 24.3 Å². The van der Waals surface area contributed by atoms with E-state index in [4.69, 9.17) is 4.74 Å². The van der Waals surface area contributed by atoms with Gasteiger partial charge in [0.05, 0.1) is 10.2 Å².